The molecule has 0 saturated heterocycles. The number of amides is 3. The highest BCUT2D eigenvalue weighted by Gasteiger charge is 2.34. The average Bonchev–Trinajstić information content (AvgIpc) is 2.85. The number of rotatable bonds is 9. The van der Waals surface area contributed by atoms with E-state index in [1.54, 1.807) is 65.8 Å². The van der Waals surface area contributed by atoms with Crippen molar-refractivity contribution in [1.29, 1.82) is 0 Å². The Morgan fingerprint density at radius 3 is 2.05 bits per heavy atom. The highest BCUT2D eigenvalue weighted by atomic mass is 16.6. The number of esters is 1. The van der Waals surface area contributed by atoms with Crippen molar-refractivity contribution in [3.63, 3.8) is 0 Å². The van der Waals surface area contributed by atoms with E-state index in [-0.39, 0.29) is 6.42 Å². The van der Waals surface area contributed by atoms with E-state index in [9.17, 15) is 19.2 Å². The lowest BCUT2D eigenvalue weighted by Gasteiger charge is -2.31. The summed E-state index contributed by atoms with van der Waals surface area (Å²) in [4.78, 5) is 53.5. The van der Waals surface area contributed by atoms with Gasteiger partial charge in [0.15, 0.2) is 0 Å². The van der Waals surface area contributed by atoms with E-state index in [1.807, 2.05) is 30.3 Å². The third-order valence-electron chi connectivity index (χ3n) is 5.51. The molecule has 9 heteroatoms. The van der Waals surface area contributed by atoms with Crippen molar-refractivity contribution in [2.24, 2.45) is 0 Å². The van der Waals surface area contributed by atoms with Crippen LogP contribution in [0.25, 0.3) is 0 Å². The van der Waals surface area contributed by atoms with Gasteiger partial charge in [-0.15, -0.1) is 6.42 Å². The average molecular weight is 550 g/mol. The summed E-state index contributed by atoms with van der Waals surface area (Å²) >= 11 is 0. The summed E-state index contributed by atoms with van der Waals surface area (Å²) in [6.45, 7) is 9.90. The lowest BCUT2D eigenvalue weighted by molar-refractivity contribution is -0.159. The molecule has 0 radical (unpaired) electrons. The molecular formula is C31H39N3O6. The van der Waals surface area contributed by atoms with Crippen LogP contribution in [0.5, 0.6) is 0 Å². The number of benzene rings is 2. The molecule has 0 spiro atoms. The standard InChI is InChI=1S/C31H39N3O6/c1-9-22-17-13-14-18-23(22)26(34(8)25(35)20-32-29(38)40-31(5,6)7)27(36)33-24(28(37)39-30(2,3)4)19-21-15-11-10-12-16-21/h1,10-18,24,26H,19-20H2,2-8H3,(H,32,38)(H,33,36). The van der Waals surface area contributed by atoms with Crippen LogP contribution in [0.3, 0.4) is 0 Å². The topological polar surface area (TPSA) is 114 Å². The maximum absolute atomic E-state index is 13.9. The van der Waals surface area contributed by atoms with Crippen LogP contribution in [-0.4, -0.2) is 59.6 Å². The zero-order valence-corrected chi connectivity index (χ0v) is 24.2. The zero-order chi connectivity index (χ0) is 30.1. The molecule has 0 aliphatic carbocycles. The van der Waals surface area contributed by atoms with Crippen molar-refractivity contribution in [2.45, 2.75) is 71.2 Å². The molecule has 0 bridgehead atoms. The Morgan fingerprint density at radius 2 is 1.48 bits per heavy atom. The highest BCUT2D eigenvalue weighted by molar-refractivity contribution is 5.93. The van der Waals surface area contributed by atoms with E-state index in [0.717, 1.165) is 5.56 Å². The van der Waals surface area contributed by atoms with E-state index in [0.29, 0.717) is 11.1 Å². The summed E-state index contributed by atoms with van der Waals surface area (Å²) in [6.07, 6.45) is 5.11. The second-order valence-electron chi connectivity index (χ2n) is 11.3. The van der Waals surface area contributed by atoms with Gasteiger partial charge in [-0.05, 0) is 58.7 Å². The Labute approximate surface area is 236 Å². The van der Waals surface area contributed by atoms with Crippen molar-refractivity contribution in [3.8, 4) is 12.3 Å². The minimum Gasteiger partial charge on any atom is -0.458 e. The Morgan fingerprint density at radius 1 is 0.900 bits per heavy atom. The first-order valence-corrected chi connectivity index (χ1v) is 13.0. The molecule has 0 fully saturated rings. The van der Waals surface area contributed by atoms with Gasteiger partial charge in [0, 0.05) is 19.0 Å². The van der Waals surface area contributed by atoms with Crippen molar-refractivity contribution >= 4 is 23.9 Å². The molecule has 214 valence electrons. The van der Waals surface area contributed by atoms with Gasteiger partial charge in [-0.2, -0.15) is 0 Å². The predicted octanol–water partition coefficient (Wildman–Crippen LogP) is 3.76. The van der Waals surface area contributed by atoms with E-state index in [4.69, 9.17) is 15.9 Å². The fourth-order valence-electron chi connectivity index (χ4n) is 3.79. The van der Waals surface area contributed by atoms with Gasteiger partial charge in [-0.3, -0.25) is 9.59 Å². The van der Waals surface area contributed by atoms with Crippen LogP contribution in [0.15, 0.2) is 54.6 Å². The maximum Gasteiger partial charge on any atom is 0.408 e. The molecule has 0 aromatic heterocycles. The lowest BCUT2D eigenvalue weighted by atomic mass is 9.97. The SMILES string of the molecule is C#Cc1ccccc1C(C(=O)NC(Cc1ccccc1)C(=O)OC(C)(C)C)N(C)C(=O)CNC(=O)OC(C)(C)C. The van der Waals surface area contributed by atoms with Crippen molar-refractivity contribution < 1.29 is 28.7 Å². The molecule has 2 rings (SSSR count). The van der Waals surface area contributed by atoms with Crippen LogP contribution < -0.4 is 10.6 Å². The summed E-state index contributed by atoms with van der Waals surface area (Å²) in [5.41, 5.74) is 0.0670. The lowest BCUT2D eigenvalue weighted by Crippen LogP contribution is -2.51. The maximum atomic E-state index is 13.9. The van der Waals surface area contributed by atoms with Gasteiger partial charge in [0.1, 0.15) is 29.8 Å². The van der Waals surface area contributed by atoms with Gasteiger partial charge in [-0.25, -0.2) is 9.59 Å². The van der Waals surface area contributed by atoms with Crippen LogP contribution in [-0.2, 0) is 30.3 Å². The number of carbonyl (C=O) groups excluding carboxylic acids is 4. The number of nitrogens with zero attached hydrogens (tertiary/aromatic N) is 1. The Kier molecular flexibility index (Phi) is 10.9. The number of hydrogen-bond donors (Lipinski definition) is 2. The summed E-state index contributed by atoms with van der Waals surface area (Å²) in [7, 11) is 1.43. The number of carbonyl (C=O) groups is 4. The zero-order valence-electron chi connectivity index (χ0n) is 24.2. The number of hydrogen-bond acceptors (Lipinski definition) is 6. The van der Waals surface area contributed by atoms with Crippen LogP contribution in [0.4, 0.5) is 4.79 Å². The first-order valence-electron chi connectivity index (χ1n) is 13.0. The summed E-state index contributed by atoms with van der Waals surface area (Å²) in [5, 5.41) is 5.19. The molecular weight excluding hydrogens is 510 g/mol. The molecule has 2 atom stereocenters. The Hall–Kier alpha value is -4.32. The number of alkyl carbamates (subject to hydrolysis) is 1. The smallest absolute Gasteiger partial charge is 0.408 e. The summed E-state index contributed by atoms with van der Waals surface area (Å²) < 4.78 is 10.8. The molecule has 2 aromatic carbocycles. The summed E-state index contributed by atoms with van der Waals surface area (Å²) in [5.74, 6) is 0.721. The third-order valence-corrected chi connectivity index (χ3v) is 5.51. The number of likely N-dealkylation sites (N-methyl/N-ethyl adjacent to an activating group) is 1. The van der Waals surface area contributed by atoms with Gasteiger partial charge in [0.05, 0.1) is 0 Å². The van der Waals surface area contributed by atoms with Gasteiger partial charge < -0.3 is 25.0 Å². The molecule has 0 heterocycles. The molecule has 2 N–H and O–H groups in total. The molecule has 9 nitrogen and oxygen atoms in total. The molecule has 0 aliphatic heterocycles. The van der Waals surface area contributed by atoms with Crippen LogP contribution >= 0.6 is 0 Å². The fourth-order valence-corrected chi connectivity index (χ4v) is 3.79. The predicted molar refractivity (Wildman–Crippen MR) is 152 cm³/mol. The van der Waals surface area contributed by atoms with Gasteiger partial charge in [-0.1, -0.05) is 54.5 Å². The highest BCUT2D eigenvalue weighted by Crippen LogP contribution is 2.24. The Bertz CT molecular complexity index is 1240. The fraction of sp³-hybridized carbons (Fsp3) is 0.419. The van der Waals surface area contributed by atoms with Crippen LogP contribution in [0, 0.1) is 12.3 Å². The van der Waals surface area contributed by atoms with E-state index < -0.39 is 53.7 Å². The molecule has 0 aliphatic rings. The van der Waals surface area contributed by atoms with Crippen molar-refractivity contribution in [1.82, 2.24) is 15.5 Å². The van der Waals surface area contributed by atoms with Crippen molar-refractivity contribution in [3.05, 3.63) is 71.3 Å². The number of nitrogens with one attached hydrogen (secondary N) is 2. The second kappa shape index (κ2) is 13.7. The number of ether oxygens (including phenoxy) is 2. The minimum absolute atomic E-state index is 0.170. The first kappa shape index (κ1) is 31.9. The molecule has 2 unspecified atom stereocenters. The second-order valence-corrected chi connectivity index (χ2v) is 11.3. The van der Waals surface area contributed by atoms with E-state index in [1.165, 1.54) is 11.9 Å². The van der Waals surface area contributed by atoms with Crippen LogP contribution in [0.1, 0.15) is 64.3 Å². The minimum atomic E-state index is -1.21. The molecule has 3 amide bonds. The third kappa shape index (κ3) is 10.1. The van der Waals surface area contributed by atoms with Gasteiger partial charge in [0.2, 0.25) is 11.8 Å². The summed E-state index contributed by atoms with van der Waals surface area (Å²) in [6, 6.07) is 13.7. The quantitative estimate of drug-likeness (QED) is 0.364. The molecule has 0 saturated carbocycles. The van der Waals surface area contributed by atoms with Gasteiger partial charge >= 0.3 is 12.1 Å². The van der Waals surface area contributed by atoms with Gasteiger partial charge in [0.25, 0.3) is 0 Å². The normalized spacial score (nSPS) is 12.8. The largest absolute Gasteiger partial charge is 0.458 e. The Balaban J connectivity index is 2.38. The molecule has 40 heavy (non-hydrogen) atoms. The van der Waals surface area contributed by atoms with E-state index in [2.05, 4.69) is 16.6 Å². The monoisotopic (exact) mass is 549 g/mol. The molecule has 2 aromatic rings. The first-order chi connectivity index (χ1) is 18.6. The number of terminal acetylenes is 1. The van der Waals surface area contributed by atoms with Crippen LogP contribution in [0.2, 0.25) is 0 Å². The van der Waals surface area contributed by atoms with Crippen molar-refractivity contribution in [2.75, 3.05) is 13.6 Å². The van der Waals surface area contributed by atoms with E-state index >= 15 is 0 Å².